The van der Waals surface area contributed by atoms with Gasteiger partial charge in [0.25, 0.3) is 0 Å². The Morgan fingerprint density at radius 3 is 2.67 bits per heavy atom. The summed E-state index contributed by atoms with van der Waals surface area (Å²) in [6, 6.07) is 9.07. The van der Waals surface area contributed by atoms with Crippen LogP contribution in [0.25, 0.3) is 32.6 Å². The van der Waals surface area contributed by atoms with Gasteiger partial charge in [-0.15, -0.1) is 23.7 Å². The number of ether oxygens (including phenoxy) is 1. The highest BCUT2D eigenvalue weighted by atomic mass is 35.5. The van der Waals surface area contributed by atoms with Crippen LogP contribution in [0.2, 0.25) is 0 Å². The molecule has 1 saturated heterocycles. The second-order valence-corrected chi connectivity index (χ2v) is 11.3. The summed E-state index contributed by atoms with van der Waals surface area (Å²) in [5.41, 5.74) is 2.90. The zero-order valence-corrected chi connectivity index (χ0v) is 24.7. The number of thiazole rings is 1. The fraction of sp³-hybridized carbons (Fsp3) is 0.357. The van der Waals surface area contributed by atoms with Gasteiger partial charge in [-0.3, -0.25) is 20.0 Å². The molecule has 2 N–H and O–H groups in total. The van der Waals surface area contributed by atoms with Crippen molar-refractivity contribution in [3.05, 3.63) is 52.6 Å². The maximum atomic E-state index is 15.9. The van der Waals surface area contributed by atoms with E-state index in [0.717, 1.165) is 48.5 Å². The first-order valence-electron chi connectivity index (χ1n) is 13.0. The van der Waals surface area contributed by atoms with Crippen LogP contribution < -0.4 is 10.6 Å². The Balaban J connectivity index is 0.00000370. The topological polar surface area (TPSA) is 96.5 Å². The number of carbonyl (C=O) groups is 2. The van der Waals surface area contributed by atoms with Gasteiger partial charge in [-0.25, -0.2) is 14.2 Å². The van der Waals surface area contributed by atoms with Gasteiger partial charge in [-0.1, -0.05) is 17.4 Å². The third kappa shape index (κ3) is 6.60. The summed E-state index contributed by atoms with van der Waals surface area (Å²) in [6.07, 6.45) is 3.27. The summed E-state index contributed by atoms with van der Waals surface area (Å²) in [5.74, 6) is -0.558. The molecule has 5 rings (SSSR count). The summed E-state index contributed by atoms with van der Waals surface area (Å²) in [7, 11) is 0. The predicted octanol–water partition coefficient (Wildman–Crippen LogP) is 6.56. The smallest absolute Gasteiger partial charge is 0.321 e. The van der Waals surface area contributed by atoms with Crippen molar-refractivity contribution in [2.75, 3.05) is 31.6 Å². The SMILES string of the molecule is CCNC(=O)Nc1nc2c(F)c(-c3csc(CN4CCC(C(=O)OCC)CC4)c3)cc(-c3ccccn3)c2s1.Cl. The molecule has 2 amide bonds. The quantitative estimate of drug-likeness (QED) is 0.221. The van der Waals surface area contributed by atoms with Crippen molar-refractivity contribution in [3.8, 4) is 22.4 Å². The van der Waals surface area contributed by atoms with Gasteiger partial charge in [0, 0.05) is 35.3 Å². The molecular weight excluding hydrogens is 573 g/mol. The van der Waals surface area contributed by atoms with E-state index in [1.165, 1.54) is 11.3 Å². The highest BCUT2D eigenvalue weighted by Crippen LogP contribution is 2.41. The van der Waals surface area contributed by atoms with E-state index >= 15 is 4.39 Å². The average molecular weight is 604 g/mol. The minimum atomic E-state index is -0.426. The van der Waals surface area contributed by atoms with Crippen LogP contribution in [0.1, 0.15) is 31.6 Å². The number of aromatic nitrogens is 2. The van der Waals surface area contributed by atoms with Crippen LogP contribution in [0.15, 0.2) is 41.9 Å². The fourth-order valence-electron chi connectivity index (χ4n) is 4.74. The van der Waals surface area contributed by atoms with E-state index in [0.29, 0.717) is 34.2 Å². The molecule has 40 heavy (non-hydrogen) atoms. The molecular formula is C28H31ClFN5O3S2. The molecule has 4 aromatic rings. The molecule has 1 aliphatic rings. The lowest BCUT2D eigenvalue weighted by Crippen LogP contribution is -2.36. The molecule has 1 fully saturated rings. The number of esters is 1. The van der Waals surface area contributed by atoms with Crippen LogP contribution in [0, 0.1) is 11.7 Å². The van der Waals surface area contributed by atoms with Crippen molar-refractivity contribution in [2.24, 2.45) is 5.92 Å². The number of thiophene rings is 1. The summed E-state index contributed by atoms with van der Waals surface area (Å²) in [5, 5.41) is 7.66. The maximum absolute atomic E-state index is 15.9. The minimum absolute atomic E-state index is 0. The van der Waals surface area contributed by atoms with Crippen molar-refractivity contribution in [1.29, 1.82) is 0 Å². The molecule has 1 aromatic carbocycles. The number of benzene rings is 1. The van der Waals surface area contributed by atoms with Crippen LogP contribution >= 0.6 is 35.1 Å². The second kappa shape index (κ2) is 13.5. The standard InChI is InChI=1S/C28H30FN5O3S2.ClH/c1-3-30-27(36)33-28-32-24-23(29)20(14-21(25(24)39-28)22-7-5-6-10-31-22)18-13-19(38-16-18)15-34-11-8-17(9-12-34)26(35)37-4-2;/h5-7,10,13-14,16-17H,3-4,8-9,11-12,15H2,1-2H3,(H2,30,32,33,36);1H. The molecule has 0 spiro atoms. The van der Waals surface area contributed by atoms with Gasteiger partial charge in [0.05, 0.1) is 22.9 Å². The summed E-state index contributed by atoms with van der Waals surface area (Å²) >= 11 is 2.81. The molecule has 212 valence electrons. The fourth-order valence-corrected chi connectivity index (χ4v) is 6.65. The molecule has 3 aromatic heterocycles. The molecule has 8 nitrogen and oxygen atoms in total. The van der Waals surface area contributed by atoms with E-state index in [1.807, 2.05) is 49.6 Å². The monoisotopic (exact) mass is 603 g/mol. The maximum Gasteiger partial charge on any atom is 0.321 e. The molecule has 12 heteroatoms. The lowest BCUT2D eigenvalue weighted by molar-refractivity contribution is -0.149. The Kier molecular flexibility index (Phi) is 10.1. The first kappa shape index (κ1) is 29.9. The van der Waals surface area contributed by atoms with Crippen molar-refractivity contribution in [3.63, 3.8) is 0 Å². The van der Waals surface area contributed by atoms with Crippen LogP contribution in [0.5, 0.6) is 0 Å². The summed E-state index contributed by atoms with van der Waals surface area (Å²) < 4.78 is 21.7. The normalized spacial score (nSPS) is 14.1. The second-order valence-electron chi connectivity index (χ2n) is 9.29. The van der Waals surface area contributed by atoms with E-state index in [1.54, 1.807) is 17.5 Å². The van der Waals surface area contributed by atoms with Crippen molar-refractivity contribution >= 4 is 62.4 Å². The third-order valence-electron chi connectivity index (χ3n) is 6.66. The molecule has 4 heterocycles. The van der Waals surface area contributed by atoms with Gasteiger partial charge in [0.1, 0.15) is 5.52 Å². The van der Waals surface area contributed by atoms with Crippen molar-refractivity contribution < 1.29 is 18.7 Å². The zero-order valence-electron chi connectivity index (χ0n) is 22.2. The number of carbonyl (C=O) groups excluding carboxylic acids is 2. The number of piperidine rings is 1. The highest BCUT2D eigenvalue weighted by molar-refractivity contribution is 7.22. The number of likely N-dealkylation sites (tertiary alicyclic amines) is 1. The first-order valence-corrected chi connectivity index (χ1v) is 14.7. The first-order chi connectivity index (χ1) is 19.0. The van der Waals surface area contributed by atoms with Gasteiger partial charge in [-0.2, -0.15) is 0 Å². The van der Waals surface area contributed by atoms with Crippen LogP contribution in [0.4, 0.5) is 14.3 Å². The Morgan fingerprint density at radius 2 is 1.98 bits per heavy atom. The molecule has 0 aliphatic carbocycles. The highest BCUT2D eigenvalue weighted by Gasteiger charge is 2.26. The Morgan fingerprint density at radius 1 is 1.18 bits per heavy atom. The third-order valence-corrected chi connectivity index (χ3v) is 8.58. The zero-order chi connectivity index (χ0) is 27.4. The van der Waals surface area contributed by atoms with E-state index in [2.05, 4.69) is 25.5 Å². The number of nitrogens with one attached hydrogen (secondary N) is 2. The van der Waals surface area contributed by atoms with E-state index in [9.17, 15) is 9.59 Å². The summed E-state index contributed by atoms with van der Waals surface area (Å²) in [4.78, 5) is 36.5. The number of urea groups is 1. The summed E-state index contributed by atoms with van der Waals surface area (Å²) in [6.45, 7) is 6.92. The number of hydrogen-bond donors (Lipinski definition) is 2. The molecule has 0 saturated carbocycles. The van der Waals surface area contributed by atoms with Crippen molar-refractivity contribution in [1.82, 2.24) is 20.2 Å². The average Bonchev–Trinajstić information content (AvgIpc) is 3.57. The lowest BCUT2D eigenvalue weighted by Gasteiger charge is -2.30. The van der Waals surface area contributed by atoms with Crippen LogP contribution in [0.3, 0.4) is 0 Å². The number of anilines is 1. The van der Waals surface area contributed by atoms with E-state index in [-0.39, 0.29) is 35.8 Å². The molecule has 0 radical (unpaired) electrons. The van der Waals surface area contributed by atoms with Crippen LogP contribution in [-0.4, -0.2) is 53.1 Å². The Labute approximate surface area is 246 Å². The minimum Gasteiger partial charge on any atom is -0.466 e. The number of amides is 2. The Bertz CT molecular complexity index is 1470. The van der Waals surface area contributed by atoms with Gasteiger partial charge < -0.3 is 10.1 Å². The lowest BCUT2D eigenvalue weighted by atomic mass is 9.97. The number of pyridine rings is 1. The Hall–Kier alpha value is -3.12. The van der Waals surface area contributed by atoms with E-state index < -0.39 is 5.82 Å². The predicted molar refractivity (Wildman–Crippen MR) is 161 cm³/mol. The van der Waals surface area contributed by atoms with Crippen LogP contribution in [-0.2, 0) is 16.1 Å². The number of rotatable bonds is 8. The number of nitrogens with zero attached hydrogens (tertiary/aromatic N) is 3. The van der Waals surface area contributed by atoms with Gasteiger partial charge in [0.2, 0.25) is 0 Å². The molecule has 0 atom stereocenters. The molecule has 0 bridgehead atoms. The van der Waals surface area contributed by atoms with Gasteiger partial charge in [0.15, 0.2) is 10.9 Å². The molecule has 0 unspecified atom stereocenters. The number of halogens is 2. The van der Waals surface area contributed by atoms with E-state index in [4.69, 9.17) is 4.74 Å². The molecule has 1 aliphatic heterocycles. The van der Waals surface area contributed by atoms with Crippen molar-refractivity contribution in [2.45, 2.75) is 33.2 Å². The van der Waals surface area contributed by atoms with Gasteiger partial charge in [-0.05, 0) is 75.0 Å². The largest absolute Gasteiger partial charge is 0.466 e. The number of hydrogen-bond acceptors (Lipinski definition) is 8. The number of fused-ring (bicyclic) bond motifs is 1. The van der Waals surface area contributed by atoms with Gasteiger partial charge >= 0.3 is 12.0 Å².